The molecule has 1 saturated carbocycles. The molecule has 0 heterocycles. The Kier molecular flexibility index (Phi) is 2.11. The molecule has 0 aromatic heterocycles. The van der Waals surface area contributed by atoms with Gasteiger partial charge in [0, 0.05) is 0 Å². The minimum absolute atomic E-state index is 0.0494. The SMILES string of the molecule is N#CNC(=O)OC1CCC1. The van der Waals surface area contributed by atoms with E-state index in [2.05, 4.69) is 0 Å². The molecule has 1 rings (SSSR count). The van der Waals surface area contributed by atoms with Crippen molar-refractivity contribution in [1.29, 1.82) is 5.26 Å². The second kappa shape index (κ2) is 3.06. The maximum Gasteiger partial charge on any atom is 0.420 e. The molecule has 0 aromatic carbocycles. The van der Waals surface area contributed by atoms with E-state index in [1.54, 1.807) is 0 Å². The smallest absolute Gasteiger partial charge is 0.420 e. The third kappa shape index (κ3) is 1.62. The molecule has 0 atom stereocenters. The van der Waals surface area contributed by atoms with Crippen LogP contribution in [-0.4, -0.2) is 12.2 Å². The fraction of sp³-hybridized carbons (Fsp3) is 0.667. The van der Waals surface area contributed by atoms with Crippen LogP contribution in [0.25, 0.3) is 0 Å². The van der Waals surface area contributed by atoms with Crippen molar-refractivity contribution in [3.63, 3.8) is 0 Å². The van der Waals surface area contributed by atoms with Gasteiger partial charge in [-0.05, 0) is 19.3 Å². The summed E-state index contributed by atoms with van der Waals surface area (Å²) in [7, 11) is 0. The van der Waals surface area contributed by atoms with Crippen LogP contribution in [0.1, 0.15) is 19.3 Å². The Morgan fingerprint density at radius 2 is 2.40 bits per heavy atom. The van der Waals surface area contributed by atoms with Crippen molar-refractivity contribution < 1.29 is 9.53 Å². The van der Waals surface area contributed by atoms with Crippen LogP contribution in [0.4, 0.5) is 4.79 Å². The summed E-state index contributed by atoms with van der Waals surface area (Å²) in [6.45, 7) is 0. The Labute approximate surface area is 58.8 Å². The number of carbonyl (C=O) groups excluding carboxylic acids is 1. The predicted molar refractivity (Wildman–Crippen MR) is 32.9 cm³/mol. The van der Waals surface area contributed by atoms with Crippen LogP contribution in [0.2, 0.25) is 0 Å². The van der Waals surface area contributed by atoms with E-state index in [1.807, 2.05) is 5.32 Å². The highest BCUT2D eigenvalue weighted by molar-refractivity contribution is 5.69. The summed E-state index contributed by atoms with van der Waals surface area (Å²) in [6, 6.07) is 0. The highest BCUT2D eigenvalue weighted by Crippen LogP contribution is 2.21. The molecule has 0 unspecified atom stereocenters. The monoisotopic (exact) mass is 140 g/mol. The van der Waals surface area contributed by atoms with Crippen LogP contribution in [0, 0.1) is 11.5 Å². The summed E-state index contributed by atoms with van der Waals surface area (Å²) < 4.78 is 4.75. The van der Waals surface area contributed by atoms with Gasteiger partial charge in [-0.3, -0.25) is 0 Å². The molecule has 4 nitrogen and oxygen atoms in total. The molecular formula is C6H8N2O2. The number of nitriles is 1. The zero-order valence-corrected chi connectivity index (χ0v) is 5.46. The lowest BCUT2D eigenvalue weighted by molar-refractivity contribution is 0.0552. The van der Waals surface area contributed by atoms with Crippen LogP contribution in [0.15, 0.2) is 0 Å². The molecule has 1 aliphatic carbocycles. The van der Waals surface area contributed by atoms with Gasteiger partial charge >= 0.3 is 6.09 Å². The molecule has 0 spiro atoms. The first-order valence-corrected chi connectivity index (χ1v) is 3.18. The maximum atomic E-state index is 10.5. The van der Waals surface area contributed by atoms with Gasteiger partial charge in [-0.25, -0.2) is 10.1 Å². The Bertz CT molecular complexity index is 169. The molecule has 0 saturated heterocycles. The molecule has 4 heteroatoms. The van der Waals surface area contributed by atoms with E-state index in [9.17, 15) is 4.79 Å². The molecule has 1 N–H and O–H groups in total. The van der Waals surface area contributed by atoms with E-state index < -0.39 is 6.09 Å². The quantitative estimate of drug-likeness (QED) is 0.431. The third-order valence-corrected chi connectivity index (χ3v) is 1.48. The van der Waals surface area contributed by atoms with Crippen molar-refractivity contribution in [2.75, 3.05) is 0 Å². The standard InChI is InChI=1S/C6H8N2O2/c7-4-8-6(9)10-5-2-1-3-5/h5H,1-3H2,(H,8,9). The average molecular weight is 140 g/mol. The van der Waals surface area contributed by atoms with Crippen molar-refractivity contribution in [3.8, 4) is 6.19 Å². The highest BCUT2D eigenvalue weighted by Gasteiger charge is 2.21. The van der Waals surface area contributed by atoms with E-state index in [1.165, 1.54) is 6.19 Å². The first-order chi connectivity index (χ1) is 4.83. The van der Waals surface area contributed by atoms with Gasteiger partial charge in [-0.15, -0.1) is 0 Å². The normalized spacial score (nSPS) is 16.7. The van der Waals surface area contributed by atoms with Gasteiger partial charge in [-0.2, -0.15) is 5.26 Å². The summed E-state index contributed by atoms with van der Waals surface area (Å²) >= 11 is 0. The van der Waals surface area contributed by atoms with Gasteiger partial charge in [0.15, 0.2) is 6.19 Å². The van der Waals surface area contributed by atoms with Crippen molar-refractivity contribution in [2.24, 2.45) is 0 Å². The first-order valence-electron chi connectivity index (χ1n) is 3.18. The minimum Gasteiger partial charge on any atom is -0.446 e. The Hall–Kier alpha value is -1.24. The number of rotatable bonds is 1. The van der Waals surface area contributed by atoms with E-state index in [0.717, 1.165) is 19.3 Å². The van der Waals surface area contributed by atoms with Gasteiger partial charge in [-0.1, -0.05) is 0 Å². The van der Waals surface area contributed by atoms with E-state index in [0.29, 0.717) is 0 Å². The van der Waals surface area contributed by atoms with Crippen LogP contribution in [-0.2, 0) is 4.74 Å². The van der Waals surface area contributed by atoms with Crippen molar-refractivity contribution in [2.45, 2.75) is 25.4 Å². The molecule has 0 radical (unpaired) electrons. The van der Waals surface area contributed by atoms with Gasteiger partial charge in [0.1, 0.15) is 6.10 Å². The summed E-state index contributed by atoms with van der Waals surface area (Å²) in [4.78, 5) is 10.5. The predicted octanol–water partition coefficient (Wildman–Crippen LogP) is 0.746. The topological polar surface area (TPSA) is 62.1 Å². The third-order valence-electron chi connectivity index (χ3n) is 1.48. The van der Waals surface area contributed by atoms with E-state index in [-0.39, 0.29) is 6.10 Å². The van der Waals surface area contributed by atoms with E-state index >= 15 is 0 Å². The minimum atomic E-state index is -0.632. The second-order valence-electron chi connectivity index (χ2n) is 2.20. The Morgan fingerprint density at radius 3 is 2.80 bits per heavy atom. The Morgan fingerprint density at radius 1 is 1.70 bits per heavy atom. The summed E-state index contributed by atoms with van der Waals surface area (Å²) in [6.07, 6.45) is 3.89. The zero-order chi connectivity index (χ0) is 7.40. The molecular weight excluding hydrogens is 132 g/mol. The molecule has 0 bridgehead atoms. The highest BCUT2D eigenvalue weighted by atomic mass is 16.6. The van der Waals surface area contributed by atoms with Gasteiger partial charge in [0.05, 0.1) is 0 Å². The fourth-order valence-corrected chi connectivity index (χ4v) is 0.715. The number of nitrogens with zero attached hydrogens (tertiary/aromatic N) is 1. The number of carbonyl (C=O) groups is 1. The maximum absolute atomic E-state index is 10.5. The molecule has 1 amide bonds. The number of hydrogen-bond donors (Lipinski definition) is 1. The lowest BCUT2D eigenvalue weighted by atomic mass is 9.96. The van der Waals surface area contributed by atoms with Crippen LogP contribution >= 0.6 is 0 Å². The molecule has 54 valence electrons. The van der Waals surface area contributed by atoms with E-state index in [4.69, 9.17) is 10.00 Å². The zero-order valence-electron chi connectivity index (χ0n) is 5.46. The van der Waals surface area contributed by atoms with Crippen molar-refractivity contribution in [1.82, 2.24) is 5.32 Å². The van der Waals surface area contributed by atoms with Gasteiger partial charge in [0.2, 0.25) is 0 Å². The average Bonchev–Trinajstić information content (AvgIpc) is 1.80. The number of hydrogen-bond acceptors (Lipinski definition) is 3. The van der Waals surface area contributed by atoms with Gasteiger partial charge < -0.3 is 4.74 Å². The first kappa shape index (κ1) is 6.87. The number of alkyl carbamates (subject to hydrolysis) is 1. The lowest BCUT2D eigenvalue weighted by Gasteiger charge is -2.24. The summed E-state index contributed by atoms with van der Waals surface area (Å²) in [5.41, 5.74) is 0. The molecule has 10 heavy (non-hydrogen) atoms. The van der Waals surface area contributed by atoms with Crippen LogP contribution < -0.4 is 5.32 Å². The number of nitrogens with one attached hydrogen (secondary N) is 1. The molecule has 0 aromatic rings. The summed E-state index contributed by atoms with van der Waals surface area (Å²) in [5.74, 6) is 0. The van der Waals surface area contributed by atoms with Crippen molar-refractivity contribution in [3.05, 3.63) is 0 Å². The van der Waals surface area contributed by atoms with Crippen molar-refractivity contribution >= 4 is 6.09 Å². The number of ether oxygens (including phenoxy) is 1. The molecule has 1 aliphatic rings. The lowest BCUT2D eigenvalue weighted by Crippen LogP contribution is -2.29. The summed E-state index contributed by atoms with van der Waals surface area (Å²) in [5, 5.41) is 9.87. The van der Waals surface area contributed by atoms with Gasteiger partial charge in [0.25, 0.3) is 0 Å². The van der Waals surface area contributed by atoms with Crippen LogP contribution in [0.3, 0.4) is 0 Å². The van der Waals surface area contributed by atoms with Crippen LogP contribution in [0.5, 0.6) is 0 Å². The fourth-order valence-electron chi connectivity index (χ4n) is 0.715. The largest absolute Gasteiger partial charge is 0.446 e. The second-order valence-corrected chi connectivity index (χ2v) is 2.20. The number of amides is 1. The molecule has 0 aliphatic heterocycles. The molecule has 1 fully saturated rings. The Balaban J connectivity index is 2.12.